The van der Waals surface area contributed by atoms with Crippen molar-refractivity contribution in [3.8, 4) is 5.75 Å². The minimum Gasteiger partial charge on any atom is -0.494 e. The molecule has 4 N–H and O–H groups in total. The zero-order valence-electron chi connectivity index (χ0n) is 22.2. The van der Waals surface area contributed by atoms with Crippen molar-refractivity contribution < 1.29 is 28.9 Å². The number of aliphatic carboxylic acids is 1. The number of para-hydroxylation sites is 1. The molecule has 0 radical (unpaired) electrons. The average Bonchev–Trinajstić information content (AvgIpc) is 3.48. The molecule has 0 saturated carbocycles. The Morgan fingerprint density at radius 2 is 2.00 bits per heavy atom. The Kier molecular flexibility index (Phi) is 7.03. The van der Waals surface area contributed by atoms with E-state index in [0.717, 1.165) is 50.7 Å². The van der Waals surface area contributed by atoms with Gasteiger partial charge in [0.05, 0.1) is 24.4 Å². The van der Waals surface area contributed by atoms with Crippen LogP contribution in [-0.2, 0) is 22.4 Å². The number of fused-ring (bicyclic) bond motifs is 5. The first-order valence-electron chi connectivity index (χ1n) is 13.0. The lowest BCUT2D eigenvalue weighted by Crippen LogP contribution is -2.32. The number of aromatic nitrogens is 2. The van der Waals surface area contributed by atoms with Crippen LogP contribution in [0.4, 0.5) is 4.39 Å². The lowest BCUT2D eigenvalue weighted by atomic mass is 9.74. The summed E-state index contributed by atoms with van der Waals surface area (Å²) in [5, 5.41) is 23.8. The van der Waals surface area contributed by atoms with Gasteiger partial charge in [0.15, 0.2) is 11.6 Å². The summed E-state index contributed by atoms with van der Waals surface area (Å²) in [5.74, 6) is -1.25. The Hall–Kier alpha value is -3.98. The molecule has 0 bridgehead atoms. The molecular weight excluding hydrogens is 501 g/mol. The van der Waals surface area contributed by atoms with Crippen molar-refractivity contribution in [2.75, 3.05) is 7.11 Å². The van der Waals surface area contributed by atoms with Crippen LogP contribution in [0.2, 0.25) is 0 Å². The first kappa shape index (κ1) is 26.6. The standard InChI is InChI=1S/C25H25FN2O2.C5H7NO3/c1-25(2)12-19-23(20(29)13-25)22-15-6-4-5-7-17(15)28-24(22)18(27-19)11-14-8-9-21(30-3)16(26)10-14;7-4-2-1-3(6-4)5(8)9/h4-10,20,28-29H,11-13H2,1-3H3;3H,1-2H2,(H,6,7)(H,8,9)/t20-;3-/m00/s1. The SMILES string of the molecule is COc1ccc(Cc2nc3c(c4c2[nH]c2ccccc24)[C@@H](O)CC(C)(C)C3)cc1F.O=C1CC[C@@H](C(=O)O)N1. The van der Waals surface area contributed by atoms with E-state index in [0.29, 0.717) is 25.7 Å². The quantitative estimate of drug-likeness (QED) is 0.298. The number of nitrogens with zero attached hydrogens (tertiary/aromatic N) is 1. The summed E-state index contributed by atoms with van der Waals surface area (Å²) >= 11 is 0. The topological polar surface area (TPSA) is 125 Å². The molecule has 3 heterocycles. The molecule has 2 aliphatic rings. The Morgan fingerprint density at radius 3 is 2.64 bits per heavy atom. The van der Waals surface area contributed by atoms with E-state index in [4.69, 9.17) is 14.8 Å². The number of halogens is 1. The predicted molar refractivity (Wildman–Crippen MR) is 145 cm³/mol. The van der Waals surface area contributed by atoms with Crippen molar-refractivity contribution >= 4 is 33.7 Å². The van der Waals surface area contributed by atoms with Gasteiger partial charge in [-0.05, 0) is 48.4 Å². The number of ether oxygens (including phenoxy) is 1. The zero-order valence-corrected chi connectivity index (χ0v) is 22.2. The number of methoxy groups -OCH3 is 1. The molecule has 2 aromatic heterocycles. The van der Waals surface area contributed by atoms with Gasteiger partial charge in [0, 0.05) is 40.4 Å². The Morgan fingerprint density at radius 1 is 1.23 bits per heavy atom. The number of hydrogen-bond donors (Lipinski definition) is 4. The number of H-pyrrole nitrogens is 1. The van der Waals surface area contributed by atoms with E-state index in [1.807, 2.05) is 24.3 Å². The first-order chi connectivity index (χ1) is 18.6. The van der Waals surface area contributed by atoms with E-state index in [-0.39, 0.29) is 22.9 Å². The normalized spacial score (nSPS) is 19.8. The van der Waals surface area contributed by atoms with Crippen LogP contribution in [0, 0.1) is 11.2 Å². The van der Waals surface area contributed by atoms with Crippen LogP contribution in [0.15, 0.2) is 42.5 Å². The number of aliphatic hydroxyl groups excluding tert-OH is 1. The summed E-state index contributed by atoms with van der Waals surface area (Å²) in [6.45, 7) is 4.33. The molecule has 4 aromatic rings. The van der Waals surface area contributed by atoms with Gasteiger partial charge in [-0.1, -0.05) is 38.1 Å². The first-order valence-corrected chi connectivity index (χ1v) is 13.0. The van der Waals surface area contributed by atoms with Gasteiger partial charge in [0.1, 0.15) is 6.04 Å². The number of carboxylic acid groups (broad SMARTS) is 1. The Balaban J connectivity index is 0.000000292. The molecule has 9 heteroatoms. The number of carboxylic acids is 1. The molecular formula is C30H32FN3O5. The van der Waals surface area contributed by atoms with Crippen LogP contribution in [-0.4, -0.2) is 45.2 Å². The summed E-state index contributed by atoms with van der Waals surface area (Å²) in [6.07, 6.45) is 2.22. The highest BCUT2D eigenvalue weighted by molar-refractivity contribution is 6.10. The minimum absolute atomic E-state index is 0.0251. The second kappa shape index (κ2) is 10.3. The highest BCUT2D eigenvalue weighted by Crippen LogP contribution is 2.45. The fourth-order valence-electron chi connectivity index (χ4n) is 5.65. The highest BCUT2D eigenvalue weighted by Gasteiger charge is 2.35. The maximum atomic E-state index is 14.3. The number of rotatable bonds is 4. The van der Waals surface area contributed by atoms with Crippen molar-refractivity contribution in [2.45, 2.75) is 58.1 Å². The van der Waals surface area contributed by atoms with E-state index in [2.05, 4.69) is 30.2 Å². The van der Waals surface area contributed by atoms with Gasteiger partial charge in [-0.2, -0.15) is 0 Å². The third-order valence-corrected chi connectivity index (χ3v) is 7.45. The third-order valence-electron chi connectivity index (χ3n) is 7.45. The minimum atomic E-state index is -0.944. The second-order valence-electron chi connectivity index (χ2n) is 11.0. The van der Waals surface area contributed by atoms with Crippen molar-refractivity contribution in [3.63, 3.8) is 0 Å². The molecule has 1 amide bonds. The fraction of sp³-hybridized carbons (Fsp3) is 0.367. The van der Waals surface area contributed by atoms with Gasteiger partial charge < -0.3 is 25.3 Å². The number of hydrogen-bond acceptors (Lipinski definition) is 5. The van der Waals surface area contributed by atoms with E-state index < -0.39 is 18.1 Å². The molecule has 0 unspecified atom stereocenters. The van der Waals surface area contributed by atoms with Crippen LogP contribution in [0.5, 0.6) is 5.75 Å². The molecule has 0 spiro atoms. The monoisotopic (exact) mass is 533 g/mol. The van der Waals surface area contributed by atoms with Gasteiger partial charge in [-0.25, -0.2) is 9.18 Å². The molecule has 1 aliphatic heterocycles. The summed E-state index contributed by atoms with van der Waals surface area (Å²) in [7, 11) is 1.46. The Labute approximate surface area is 225 Å². The Bertz CT molecular complexity index is 1580. The number of carbonyl (C=O) groups excluding carboxylic acids is 1. The van der Waals surface area contributed by atoms with Crippen molar-refractivity contribution in [1.82, 2.24) is 15.3 Å². The van der Waals surface area contributed by atoms with Gasteiger partial charge in [-0.3, -0.25) is 9.78 Å². The molecule has 2 atom stereocenters. The summed E-state index contributed by atoms with van der Waals surface area (Å²) in [5.41, 5.74) is 5.49. The molecule has 6 rings (SSSR count). The molecule has 2 aromatic carbocycles. The van der Waals surface area contributed by atoms with Crippen molar-refractivity contribution in [2.24, 2.45) is 5.41 Å². The third kappa shape index (κ3) is 5.31. The number of pyridine rings is 1. The van der Waals surface area contributed by atoms with Gasteiger partial charge in [0.2, 0.25) is 5.91 Å². The summed E-state index contributed by atoms with van der Waals surface area (Å²) in [6, 6.07) is 12.5. The van der Waals surface area contributed by atoms with Crippen LogP contribution in [0.3, 0.4) is 0 Å². The van der Waals surface area contributed by atoms with E-state index in [9.17, 15) is 19.1 Å². The highest BCUT2D eigenvalue weighted by atomic mass is 19.1. The molecule has 1 saturated heterocycles. The molecule has 8 nitrogen and oxygen atoms in total. The van der Waals surface area contributed by atoms with Crippen molar-refractivity contribution in [3.05, 3.63) is 70.8 Å². The van der Waals surface area contributed by atoms with Gasteiger partial charge >= 0.3 is 5.97 Å². The number of carbonyl (C=O) groups is 2. The van der Waals surface area contributed by atoms with Gasteiger partial charge in [-0.15, -0.1) is 0 Å². The number of nitrogens with one attached hydrogen (secondary N) is 2. The maximum Gasteiger partial charge on any atom is 0.326 e. The van der Waals surface area contributed by atoms with Crippen molar-refractivity contribution in [1.29, 1.82) is 0 Å². The second-order valence-corrected chi connectivity index (χ2v) is 11.0. The smallest absolute Gasteiger partial charge is 0.326 e. The number of aromatic amines is 1. The molecule has 39 heavy (non-hydrogen) atoms. The van der Waals surface area contributed by atoms with E-state index in [1.54, 1.807) is 6.07 Å². The summed E-state index contributed by atoms with van der Waals surface area (Å²) < 4.78 is 19.3. The molecule has 204 valence electrons. The average molecular weight is 534 g/mol. The van der Waals surface area contributed by atoms with E-state index in [1.165, 1.54) is 13.2 Å². The number of benzene rings is 2. The number of amides is 1. The van der Waals surface area contributed by atoms with E-state index >= 15 is 0 Å². The molecule has 1 aliphatic carbocycles. The lowest BCUT2D eigenvalue weighted by Gasteiger charge is -2.34. The predicted octanol–water partition coefficient (Wildman–Crippen LogP) is 4.81. The summed E-state index contributed by atoms with van der Waals surface area (Å²) in [4.78, 5) is 29.0. The van der Waals surface area contributed by atoms with Crippen LogP contribution in [0.1, 0.15) is 61.7 Å². The van der Waals surface area contributed by atoms with Crippen LogP contribution in [0.25, 0.3) is 21.8 Å². The largest absolute Gasteiger partial charge is 0.494 e. The van der Waals surface area contributed by atoms with Gasteiger partial charge in [0.25, 0.3) is 0 Å². The zero-order chi connectivity index (χ0) is 27.9. The lowest BCUT2D eigenvalue weighted by molar-refractivity contribution is -0.140. The molecule has 1 fully saturated rings. The van der Waals surface area contributed by atoms with Crippen LogP contribution < -0.4 is 10.1 Å². The fourth-order valence-corrected chi connectivity index (χ4v) is 5.65. The maximum absolute atomic E-state index is 14.3. The number of aliphatic hydroxyl groups is 1. The van der Waals surface area contributed by atoms with Crippen LogP contribution >= 0.6 is 0 Å².